The molecule has 1 N–H and O–H groups in total. The Morgan fingerprint density at radius 2 is 1.83 bits per heavy atom. The number of hydrogen-bond acceptors (Lipinski definition) is 4. The maximum atomic E-state index is 12.4. The summed E-state index contributed by atoms with van der Waals surface area (Å²) in [6.07, 6.45) is 2.20. The molecule has 0 atom stereocenters. The maximum Gasteiger partial charge on any atom is 0.341 e. The van der Waals surface area contributed by atoms with E-state index in [1.54, 1.807) is 12.3 Å². The third-order valence-corrected chi connectivity index (χ3v) is 4.47. The molecule has 23 heavy (non-hydrogen) atoms. The summed E-state index contributed by atoms with van der Waals surface area (Å²) in [6.45, 7) is 0.354. The predicted molar refractivity (Wildman–Crippen MR) is 79.9 cm³/mol. The minimum absolute atomic E-state index is 0.194. The smallest absolute Gasteiger partial charge is 0.341 e. The van der Waals surface area contributed by atoms with Gasteiger partial charge in [0.05, 0.1) is 4.90 Å². The second-order valence-corrected chi connectivity index (χ2v) is 6.57. The van der Waals surface area contributed by atoms with E-state index < -0.39 is 26.4 Å². The molecule has 0 saturated carbocycles. The van der Waals surface area contributed by atoms with Crippen molar-refractivity contribution in [3.63, 3.8) is 0 Å². The number of hydrogen-bond donors (Lipinski definition) is 1. The van der Waals surface area contributed by atoms with Gasteiger partial charge < -0.3 is 5.32 Å². The Labute approximate surface area is 132 Å². The van der Waals surface area contributed by atoms with Crippen molar-refractivity contribution in [1.82, 2.24) is 10.3 Å². The number of rotatable bonds is 6. The monoisotopic (exact) mass is 340 g/mol. The highest BCUT2D eigenvalue weighted by Gasteiger charge is 2.26. The summed E-state index contributed by atoms with van der Waals surface area (Å²) in [4.78, 5) is 15.5. The quantitative estimate of drug-likeness (QED) is 0.873. The summed E-state index contributed by atoms with van der Waals surface area (Å²) >= 11 is 0. The van der Waals surface area contributed by atoms with E-state index in [4.69, 9.17) is 0 Å². The SMILES string of the molecule is O=C(NCCc1ccccn1)c1ccc(S(=O)(=O)C(F)F)cc1. The number of nitrogens with one attached hydrogen (secondary N) is 1. The van der Waals surface area contributed by atoms with Crippen LogP contribution in [0, 0.1) is 0 Å². The van der Waals surface area contributed by atoms with Gasteiger partial charge in [-0.1, -0.05) is 6.07 Å². The number of nitrogens with zero attached hydrogens (tertiary/aromatic N) is 1. The van der Waals surface area contributed by atoms with Crippen LogP contribution in [0.25, 0.3) is 0 Å². The molecule has 0 radical (unpaired) electrons. The molecule has 0 aliphatic rings. The number of carbonyl (C=O) groups is 1. The van der Waals surface area contributed by atoms with Crippen molar-refractivity contribution < 1.29 is 22.0 Å². The van der Waals surface area contributed by atoms with Gasteiger partial charge >= 0.3 is 5.76 Å². The van der Waals surface area contributed by atoms with Crippen LogP contribution in [0.1, 0.15) is 16.1 Å². The molecule has 2 aromatic rings. The minimum Gasteiger partial charge on any atom is -0.352 e. The fourth-order valence-corrected chi connectivity index (χ4v) is 2.57. The first-order chi connectivity index (χ1) is 10.9. The molecule has 0 fully saturated rings. The lowest BCUT2D eigenvalue weighted by Gasteiger charge is -2.06. The van der Waals surface area contributed by atoms with E-state index in [9.17, 15) is 22.0 Å². The Kier molecular flexibility index (Phi) is 5.38. The van der Waals surface area contributed by atoms with Gasteiger partial charge in [-0.2, -0.15) is 8.78 Å². The molecule has 0 aliphatic heterocycles. The van der Waals surface area contributed by atoms with Gasteiger partial charge in [0.25, 0.3) is 5.91 Å². The molecule has 1 aromatic heterocycles. The number of halogens is 2. The van der Waals surface area contributed by atoms with Crippen molar-refractivity contribution in [2.75, 3.05) is 6.54 Å². The zero-order valence-corrected chi connectivity index (χ0v) is 12.8. The second-order valence-electron chi connectivity index (χ2n) is 4.66. The maximum absolute atomic E-state index is 12.4. The first-order valence-electron chi connectivity index (χ1n) is 6.71. The Morgan fingerprint density at radius 1 is 1.13 bits per heavy atom. The normalized spacial score (nSPS) is 11.4. The highest BCUT2D eigenvalue weighted by molar-refractivity contribution is 7.91. The van der Waals surface area contributed by atoms with Crippen LogP contribution < -0.4 is 5.32 Å². The second kappa shape index (κ2) is 7.28. The number of alkyl halides is 2. The number of pyridine rings is 1. The fraction of sp³-hybridized carbons (Fsp3) is 0.200. The predicted octanol–water partition coefficient (Wildman–Crippen LogP) is 2.05. The molecule has 0 spiro atoms. The van der Waals surface area contributed by atoms with Gasteiger partial charge in [0.2, 0.25) is 9.84 Å². The van der Waals surface area contributed by atoms with Crippen LogP contribution in [0.5, 0.6) is 0 Å². The Balaban J connectivity index is 1.95. The highest BCUT2D eigenvalue weighted by atomic mass is 32.2. The van der Waals surface area contributed by atoms with Crippen molar-refractivity contribution in [3.8, 4) is 0 Å². The standard InChI is InChI=1S/C15H14F2N2O3S/c16-15(17)23(21,22)13-6-4-11(5-7-13)14(20)19-10-8-12-3-1-2-9-18-12/h1-7,9,15H,8,10H2,(H,19,20). The van der Waals surface area contributed by atoms with E-state index in [0.29, 0.717) is 13.0 Å². The van der Waals surface area contributed by atoms with Gasteiger partial charge in [-0.15, -0.1) is 0 Å². The number of benzene rings is 1. The van der Waals surface area contributed by atoms with Crippen LogP contribution in [-0.2, 0) is 16.3 Å². The summed E-state index contributed by atoms with van der Waals surface area (Å²) in [7, 11) is -4.65. The first-order valence-corrected chi connectivity index (χ1v) is 8.26. The number of sulfone groups is 1. The average Bonchev–Trinajstić information content (AvgIpc) is 2.55. The summed E-state index contributed by atoms with van der Waals surface area (Å²) in [5, 5.41) is 2.65. The van der Waals surface area contributed by atoms with Crippen LogP contribution in [0.4, 0.5) is 8.78 Å². The number of aromatic nitrogens is 1. The molecule has 0 unspecified atom stereocenters. The largest absolute Gasteiger partial charge is 0.352 e. The Morgan fingerprint density at radius 3 is 2.39 bits per heavy atom. The van der Waals surface area contributed by atoms with Crippen LogP contribution in [-0.4, -0.2) is 31.6 Å². The van der Waals surface area contributed by atoms with E-state index in [1.165, 1.54) is 12.1 Å². The van der Waals surface area contributed by atoms with E-state index >= 15 is 0 Å². The van der Waals surface area contributed by atoms with E-state index in [1.807, 2.05) is 12.1 Å². The minimum atomic E-state index is -4.65. The molecule has 0 aliphatic carbocycles. The van der Waals surface area contributed by atoms with Crippen LogP contribution in [0.3, 0.4) is 0 Å². The lowest BCUT2D eigenvalue weighted by Crippen LogP contribution is -2.26. The Bertz CT molecular complexity index is 763. The van der Waals surface area contributed by atoms with Gasteiger partial charge in [-0.25, -0.2) is 8.42 Å². The summed E-state index contributed by atoms with van der Waals surface area (Å²) in [6, 6.07) is 9.85. The molecule has 5 nitrogen and oxygen atoms in total. The van der Waals surface area contributed by atoms with Gasteiger partial charge in [0.1, 0.15) is 0 Å². The summed E-state index contributed by atoms with van der Waals surface area (Å²) in [5.41, 5.74) is 1.02. The molecule has 0 saturated heterocycles. The van der Waals surface area contributed by atoms with E-state index in [0.717, 1.165) is 17.8 Å². The average molecular weight is 340 g/mol. The third-order valence-electron chi connectivity index (χ3n) is 3.07. The third kappa shape index (κ3) is 4.32. The van der Waals surface area contributed by atoms with Gasteiger partial charge in [0, 0.05) is 30.4 Å². The fourth-order valence-electron chi connectivity index (χ4n) is 1.85. The molecule has 0 bridgehead atoms. The first kappa shape index (κ1) is 17.0. The molecule has 1 aromatic carbocycles. The number of amides is 1. The topological polar surface area (TPSA) is 76.1 Å². The molecule has 1 heterocycles. The molecule has 2 rings (SSSR count). The lowest BCUT2D eigenvalue weighted by molar-refractivity contribution is 0.0954. The molecular weight excluding hydrogens is 326 g/mol. The zero-order chi connectivity index (χ0) is 16.9. The van der Waals surface area contributed by atoms with Crippen molar-refractivity contribution in [1.29, 1.82) is 0 Å². The van der Waals surface area contributed by atoms with Crippen molar-refractivity contribution in [2.45, 2.75) is 17.1 Å². The molecule has 8 heteroatoms. The van der Waals surface area contributed by atoms with Crippen molar-refractivity contribution >= 4 is 15.7 Å². The van der Waals surface area contributed by atoms with Gasteiger partial charge in [-0.05, 0) is 36.4 Å². The van der Waals surface area contributed by atoms with E-state index in [-0.39, 0.29) is 5.56 Å². The van der Waals surface area contributed by atoms with Crippen LogP contribution in [0.2, 0.25) is 0 Å². The number of carbonyl (C=O) groups excluding carboxylic acids is 1. The molecular formula is C15H14F2N2O3S. The Hall–Kier alpha value is -2.35. The van der Waals surface area contributed by atoms with Crippen molar-refractivity contribution in [3.05, 3.63) is 59.9 Å². The van der Waals surface area contributed by atoms with Crippen molar-refractivity contribution in [2.24, 2.45) is 0 Å². The van der Waals surface area contributed by atoms with Crippen LogP contribution >= 0.6 is 0 Å². The highest BCUT2D eigenvalue weighted by Crippen LogP contribution is 2.18. The van der Waals surface area contributed by atoms with Gasteiger partial charge in [-0.3, -0.25) is 9.78 Å². The van der Waals surface area contributed by atoms with Gasteiger partial charge in [0.15, 0.2) is 0 Å². The molecule has 1 amide bonds. The summed E-state index contributed by atoms with van der Waals surface area (Å²) < 4.78 is 47.4. The van der Waals surface area contributed by atoms with E-state index in [2.05, 4.69) is 10.3 Å². The lowest BCUT2D eigenvalue weighted by atomic mass is 10.2. The van der Waals surface area contributed by atoms with Crippen LogP contribution in [0.15, 0.2) is 53.6 Å². The summed E-state index contributed by atoms with van der Waals surface area (Å²) in [5.74, 6) is -3.90. The zero-order valence-electron chi connectivity index (χ0n) is 11.9. The molecule has 122 valence electrons.